The first-order valence-electron chi connectivity index (χ1n) is 7.36. The summed E-state index contributed by atoms with van der Waals surface area (Å²) in [6.45, 7) is 9.22. The van der Waals surface area contributed by atoms with E-state index in [9.17, 15) is 4.79 Å². The van der Waals surface area contributed by atoms with Crippen LogP contribution < -0.4 is 11.1 Å². The average Bonchev–Trinajstić information content (AvgIpc) is 2.42. The molecule has 3 N–H and O–H groups in total. The summed E-state index contributed by atoms with van der Waals surface area (Å²) < 4.78 is 5.36. The molecule has 19 heavy (non-hydrogen) atoms. The second-order valence-corrected chi connectivity index (χ2v) is 5.79. The van der Waals surface area contributed by atoms with Gasteiger partial charge in [0, 0.05) is 31.6 Å². The lowest BCUT2D eigenvalue weighted by atomic mass is 10.0. The van der Waals surface area contributed by atoms with Crippen molar-refractivity contribution in [3.63, 3.8) is 0 Å². The third-order valence-corrected chi connectivity index (χ3v) is 3.69. The Labute approximate surface area is 116 Å². The summed E-state index contributed by atoms with van der Waals surface area (Å²) in [6.07, 6.45) is 3.59. The molecule has 112 valence electrons. The van der Waals surface area contributed by atoms with E-state index in [1.54, 1.807) is 0 Å². The van der Waals surface area contributed by atoms with Gasteiger partial charge in [0.1, 0.15) is 0 Å². The van der Waals surface area contributed by atoms with Gasteiger partial charge >= 0.3 is 0 Å². The molecule has 0 aromatic carbocycles. The molecule has 1 aliphatic rings. The van der Waals surface area contributed by atoms with Crippen LogP contribution in [0.4, 0.5) is 0 Å². The van der Waals surface area contributed by atoms with Gasteiger partial charge in [-0.15, -0.1) is 0 Å². The summed E-state index contributed by atoms with van der Waals surface area (Å²) >= 11 is 0. The minimum absolute atomic E-state index is 0.00328. The summed E-state index contributed by atoms with van der Waals surface area (Å²) in [5, 5.41) is 3.04. The molecule has 0 saturated carbocycles. The maximum atomic E-state index is 11.8. The van der Waals surface area contributed by atoms with Crippen molar-refractivity contribution in [1.82, 2.24) is 10.2 Å². The normalized spacial score (nSPS) is 17.4. The van der Waals surface area contributed by atoms with Crippen LogP contribution in [0.15, 0.2) is 0 Å². The molecule has 5 heteroatoms. The molecule has 0 aromatic rings. The molecule has 1 saturated heterocycles. The SMILES string of the molecule is CC(C)(CNC(=O)CCCCCN)N1CCOCC1. The van der Waals surface area contributed by atoms with Gasteiger partial charge in [0.15, 0.2) is 0 Å². The van der Waals surface area contributed by atoms with Gasteiger partial charge in [-0.3, -0.25) is 9.69 Å². The lowest BCUT2D eigenvalue weighted by molar-refractivity contribution is -0.122. The lowest BCUT2D eigenvalue weighted by Gasteiger charge is -2.40. The number of morpholine rings is 1. The molecule has 0 spiro atoms. The van der Waals surface area contributed by atoms with Crippen molar-refractivity contribution in [2.24, 2.45) is 5.73 Å². The fourth-order valence-corrected chi connectivity index (χ4v) is 2.29. The minimum atomic E-state index is -0.00328. The number of nitrogens with one attached hydrogen (secondary N) is 1. The Bertz CT molecular complexity index is 263. The van der Waals surface area contributed by atoms with E-state index in [-0.39, 0.29) is 11.4 Å². The van der Waals surface area contributed by atoms with Crippen LogP contribution in [0.5, 0.6) is 0 Å². The molecule has 1 heterocycles. The topological polar surface area (TPSA) is 67.6 Å². The smallest absolute Gasteiger partial charge is 0.220 e. The maximum absolute atomic E-state index is 11.8. The van der Waals surface area contributed by atoms with Crippen LogP contribution in [0.25, 0.3) is 0 Å². The average molecular weight is 271 g/mol. The van der Waals surface area contributed by atoms with Gasteiger partial charge in [-0.2, -0.15) is 0 Å². The number of hydrogen-bond acceptors (Lipinski definition) is 4. The van der Waals surface area contributed by atoms with E-state index in [4.69, 9.17) is 10.5 Å². The Morgan fingerprint density at radius 3 is 2.58 bits per heavy atom. The molecule has 1 amide bonds. The zero-order chi connectivity index (χ0) is 14.1. The second kappa shape index (κ2) is 8.51. The highest BCUT2D eigenvalue weighted by atomic mass is 16.5. The van der Waals surface area contributed by atoms with Crippen molar-refractivity contribution in [3.8, 4) is 0 Å². The van der Waals surface area contributed by atoms with E-state index in [0.717, 1.165) is 45.6 Å². The summed E-state index contributed by atoms with van der Waals surface area (Å²) in [6, 6.07) is 0. The minimum Gasteiger partial charge on any atom is -0.379 e. The molecule has 1 aliphatic heterocycles. The van der Waals surface area contributed by atoms with E-state index >= 15 is 0 Å². The first kappa shape index (κ1) is 16.4. The van der Waals surface area contributed by atoms with Gasteiger partial charge in [0.2, 0.25) is 5.91 Å². The number of carbonyl (C=O) groups excluding carboxylic acids is 1. The van der Waals surface area contributed by atoms with Crippen LogP contribution in [0.2, 0.25) is 0 Å². The first-order chi connectivity index (χ1) is 9.06. The highest BCUT2D eigenvalue weighted by Crippen LogP contribution is 2.15. The monoisotopic (exact) mass is 271 g/mol. The predicted octanol–water partition coefficient (Wildman–Crippen LogP) is 0.733. The molecule has 0 aliphatic carbocycles. The Morgan fingerprint density at radius 1 is 1.26 bits per heavy atom. The Hall–Kier alpha value is -0.650. The number of hydrogen-bond donors (Lipinski definition) is 2. The molecule has 1 rings (SSSR count). The van der Waals surface area contributed by atoms with Gasteiger partial charge in [0.05, 0.1) is 13.2 Å². The maximum Gasteiger partial charge on any atom is 0.220 e. The van der Waals surface area contributed by atoms with Crippen LogP contribution >= 0.6 is 0 Å². The number of carbonyl (C=O) groups is 1. The second-order valence-electron chi connectivity index (χ2n) is 5.79. The van der Waals surface area contributed by atoms with Gasteiger partial charge < -0.3 is 15.8 Å². The summed E-state index contributed by atoms with van der Waals surface area (Å²) in [7, 11) is 0. The van der Waals surface area contributed by atoms with E-state index in [0.29, 0.717) is 19.5 Å². The number of nitrogens with zero attached hydrogens (tertiary/aromatic N) is 1. The largest absolute Gasteiger partial charge is 0.379 e. The Kier molecular flexibility index (Phi) is 7.34. The zero-order valence-corrected chi connectivity index (χ0v) is 12.4. The molecule has 0 unspecified atom stereocenters. The molecular weight excluding hydrogens is 242 g/mol. The predicted molar refractivity (Wildman–Crippen MR) is 77.0 cm³/mol. The highest BCUT2D eigenvalue weighted by Gasteiger charge is 2.28. The van der Waals surface area contributed by atoms with Crippen molar-refractivity contribution < 1.29 is 9.53 Å². The Morgan fingerprint density at radius 2 is 1.95 bits per heavy atom. The number of rotatable bonds is 8. The summed E-state index contributed by atoms with van der Waals surface area (Å²) in [4.78, 5) is 14.1. The number of unbranched alkanes of at least 4 members (excludes halogenated alkanes) is 2. The van der Waals surface area contributed by atoms with E-state index < -0.39 is 0 Å². The summed E-state index contributed by atoms with van der Waals surface area (Å²) in [5.41, 5.74) is 5.42. The fraction of sp³-hybridized carbons (Fsp3) is 0.929. The third-order valence-electron chi connectivity index (χ3n) is 3.69. The van der Waals surface area contributed by atoms with Crippen molar-refractivity contribution in [3.05, 3.63) is 0 Å². The number of ether oxygens (including phenoxy) is 1. The molecule has 0 bridgehead atoms. The fourth-order valence-electron chi connectivity index (χ4n) is 2.29. The van der Waals surface area contributed by atoms with Crippen LogP contribution in [-0.2, 0) is 9.53 Å². The highest BCUT2D eigenvalue weighted by molar-refractivity contribution is 5.75. The van der Waals surface area contributed by atoms with Gasteiger partial charge in [-0.1, -0.05) is 6.42 Å². The zero-order valence-electron chi connectivity index (χ0n) is 12.4. The van der Waals surface area contributed by atoms with Gasteiger partial charge in [-0.05, 0) is 33.2 Å². The summed E-state index contributed by atoms with van der Waals surface area (Å²) in [5.74, 6) is 0.151. The molecule has 0 radical (unpaired) electrons. The third kappa shape index (κ3) is 6.36. The van der Waals surface area contributed by atoms with E-state index in [1.807, 2.05) is 0 Å². The van der Waals surface area contributed by atoms with Gasteiger partial charge in [0.25, 0.3) is 0 Å². The molecular formula is C14H29N3O2. The standard InChI is InChI=1S/C14H29N3O2/c1-14(2,17-8-10-19-11-9-17)12-16-13(18)6-4-3-5-7-15/h3-12,15H2,1-2H3,(H,16,18). The van der Waals surface area contributed by atoms with Crippen LogP contribution in [0.3, 0.4) is 0 Å². The van der Waals surface area contributed by atoms with Crippen LogP contribution in [0.1, 0.15) is 39.5 Å². The quantitative estimate of drug-likeness (QED) is 0.639. The Balaban J connectivity index is 2.20. The van der Waals surface area contributed by atoms with Crippen LogP contribution in [0, 0.1) is 0 Å². The van der Waals surface area contributed by atoms with Crippen molar-refractivity contribution in [2.75, 3.05) is 39.4 Å². The molecule has 0 aromatic heterocycles. The molecule has 0 atom stereocenters. The lowest BCUT2D eigenvalue weighted by Crippen LogP contribution is -2.55. The number of amides is 1. The van der Waals surface area contributed by atoms with Crippen molar-refractivity contribution in [2.45, 2.75) is 45.1 Å². The van der Waals surface area contributed by atoms with Crippen molar-refractivity contribution >= 4 is 5.91 Å². The van der Waals surface area contributed by atoms with Gasteiger partial charge in [-0.25, -0.2) is 0 Å². The molecule has 5 nitrogen and oxygen atoms in total. The van der Waals surface area contributed by atoms with E-state index in [1.165, 1.54) is 0 Å². The number of nitrogens with two attached hydrogens (primary N) is 1. The van der Waals surface area contributed by atoms with Crippen molar-refractivity contribution in [1.29, 1.82) is 0 Å². The first-order valence-corrected chi connectivity index (χ1v) is 7.36. The molecule has 1 fully saturated rings. The van der Waals surface area contributed by atoms with Crippen LogP contribution in [-0.4, -0.2) is 55.7 Å². The van der Waals surface area contributed by atoms with E-state index in [2.05, 4.69) is 24.1 Å².